The number of carbonyl (C=O) groups excluding carboxylic acids is 1. The van der Waals surface area contributed by atoms with E-state index in [2.05, 4.69) is 4.72 Å². The van der Waals surface area contributed by atoms with Gasteiger partial charge in [-0.05, 0) is 43.0 Å². The Morgan fingerprint density at radius 3 is 2.39 bits per heavy atom. The molecule has 28 heavy (non-hydrogen) atoms. The van der Waals surface area contributed by atoms with Gasteiger partial charge in [0.05, 0.1) is 12.0 Å². The van der Waals surface area contributed by atoms with Crippen LogP contribution < -0.4 is 9.46 Å². The molecule has 1 saturated heterocycles. The van der Waals surface area contributed by atoms with E-state index in [4.69, 9.17) is 4.74 Å². The number of benzene rings is 2. The Morgan fingerprint density at radius 1 is 1.07 bits per heavy atom. The number of nitrogens with zero attached hydrogens (tertiary/aromatic N) is 1. The van der Waals surface area contributed by atoms with Crippen molar-refractivity contribution in [2.75, 3.05) is 20.2 Å². The highest BCUT2D eigenvalue weighted by Crippen LogP contribution is 2.20. The minimum atomic E-state index is -3.52. The number of aryl methyl sites for hydroxylation is 1. The van der Waals surface area contributed by atoms with Crippen LogP contribution in [0.15, 0.2) is 59.5 Å². The van der Waals surface area contributed by atoms with Gasteiger partial charge in [0, 0.05) is 25.6 Å². The van der Waals surface area contributed by atoms with Crippen molar-refractivity contribution in [1.29, 1.82) is 0 Å². The summed E-state index contributed by atoms with van der Waals surface area (Å²) in [4.78, 5) is 14.6. The Morgan fingerprint density at radius 2 is 1.71 bits per heavy atom. The van der Waals surface area contributed by atoms with Crippen molar-refractivity contribution in [2.45, 2.75) is 36.6 Å². The normalized spacial score (nSPS) is 15.4. The third kappa shape index (κ3) is 5.11. The Labute approximate surface area is 166 Å². The van der Waals surface area contributed by atoms with Gasteiger partial charge < -0.3 is 9.64 Å². The van der Waals surface area contributed by atoms with Crippen LogP contribution in [-0.2, 0) is 21.2 Å². The number of hydrogen-bond acceptors (Lipinski definition) is 4. The van der Waals surface area contributed by atoms with Crippen LogP contribution in [-0.4, -0.2) is 45.5 Å². The summed E-state index contributed by atoms with van der Waals surface area (Å²) in [5.74, 6) is 0.889. The molecule has 0 unspecified atom stereocenters. The van der Waals surface area contributed by atoms with Crippen molar-refractivity contribution in [1.82, 2.24) is 9.62 Å². The van der Waals surface area contributed by atoms with Crippen LogP contribution in [0, 0.1) is 0 Å². The Hall–Kier alpha value is -2.38. The number of para-hydroxylation sites is 1. The molecule has 1 N–H and O–H groups in total. The smallest absolute Gasteiger partial charge is 0.240 e. The van der Waals surface area contributed by atoms with Crippen molar-refractivity contribution in [3.8, 4) is 5.75 Å². The van der Waals surface area contributed by atoms with Gasteiger partial charge in [-0.25, -0.2) is 13.1 Å². The fourth-order valence-electron chi connectivity index (χ4n) is 3.44. The summed E-state index contributed by atoms with van der Waals surface area (Å²) in [7, 11) is -1.89. The lowest BCUT2D eigenvalue weighted by molar-refractivity contribution is -0.132. The Bertz CT molecular complexity index is 892. The van der Waals surface area contributed by atoms with E-state index in [-0.39, 0.29) is 16.8 Å². The summed E-state index contributed by atoms with van der Waals surface area (Å²) in [6, 6.07) is 15.9. The summed E-state index contributed by atoms with van der Waals surface area (Å²) < 4.78 is 33.0. The van der Waals surface area contributed by atoms with E-state index in [9.17, 15) is 13.2 Å². The molecule has 3 rings (SSSR count). The molecule has 1 fully saturated rings. The van der Waals surface area contributed by atoms with Crippen molar-refractivity contribution < 1.29 is 17.9 Å². The van der Waals surface area contributed by atoms with Crippen LogP contribution in [0.25, 0.3) is 0 Å². The number of piperidine rings is 1. The van der Waals surface area contributed by atoms with Gasteiger partial charge in [0.25, 0.3) is 0 Å². The van der Waals surface area contributed by atoms with Crippen LogP contribution in [0.1, 0.15) is 24.8 Å². The van der Waals surface area contributed by atoms with Gasteiger partial charge in [-0.15, -0.1) is 0 Å². The fraction of sp³-hybridized carbons (Fsp3) is 0.381. The molecule has 0 atom stereocenters. The van der Waals surface area contributed by atoms with Gasteiger partial charge in [0.15, 0.2) is 0 Å². The third-order valence-electron chi connectivity index (χ3n) is 5.02. The molecule has 0 aromatic heterocycles. The lowest BCUT2D eigenvalue weighted by Crippen LogP contribution is -2.46. The number of carbonyl (C=O) groups is 1. The second-order valence-corrected chi connectivity index (χ2v) is 8.62. The number of likely N-dealkylation sites (tertiary alicyclic amines) is 1. The molecule has 0 bridgehead atoms. The van der Waals surface area contributed by atoms with Crippen molar-refractivity contribution >= 4 is 15.9 Å². The third-order valence-corrected chi connectivity index (χ3v) is 6.56. The monoisotopic (exact) mass is 402 g/mol. The summed E-state index contributed by atoms with van der Waals surface area (Å²) in [5, 5.41) is 0. The summed E-state index contributed by atoms with van der Waals surface area (Å²) in [5.41, 5.74) is 1.02. The molecule has 2 aromatic rings. The molecule has 1 heterocycles. The lowest BCUT2D eigenvalue weighted by Gasteiger charge is -2.32. The van der Waals surface area contributed by atoms with Gasteiger partial charge in [-0.3, -0.25) is 4.79 Å². The van der Waals surface area contributed by atoms with E-state index in [1.165, 1.54) is 0 Å². The van der Waals surface area contributed by atoms with E-state index in [0.29, 0.717) is 38.8 Å². The number of ether oxygens (including phenoxy) is 1. The molecule has 0 aliphatic carbocycles. The first-order valence-electron chi connectivity index (χ1n) is 9.46. The molecule has 1 amide bonds. The summed E-state index contributed by atoms with van der Waals surface area (Å²) >= 11 is 0. The first-order valence-corrected chi connectivity index (χ1v) is 10.9. The van der Waals surface area contributed by atoms with Crippen LogP contribution in [0.2, 0.25) is 0 Å². The molecular weight excluding hydrogens is 376 g/mol. The molecule has 2 aromatic carbocycles. The molecule has 0 spiro atoms. The quantitative estimate of drug-likeness (QED) is 0.772. The molecule has 0 radical (unpaired) electrons. The second-order valence-electron chi connectivity index (χ2n) is 6.90. The maximum atomic E-state index is 12.5. The first kappa shape index (κ1) is 20.4. The maximum Gasteiger partial charge on any atom is 0.240 e. The minimum Gasteiger partial charge on any atom is -0.496 e. The van der Waals surface area contributed by atoms with E-state index >= 15 is 0 Å². The van der Waals surface area contributed by atoms with Crippen molar-refractivity contribution in [3.63, 3.8) is 0 Å². The van der Waals surface area contributed by atoms with Gasteiger partial charge in [0.1, 0.15) is 5.75 Å². The molecule has 0 saturated carbocycles. The van der Waals surface area contributed by atoms with Crippen LogP contribution in [0.5, 0.6) is 5.75 Å². The predicted molar refractivity (Wildman–Crippen MR) is 108 cm³/mol. The molecule has 150 valence electrons. The van der Waals surface area contributed by atoms with Gasteiger partial charge in [-0.1, -0.05) is 36.4 Å². The maximum absolute atomic E-state index is 12.5. The van der Waals surface area contributed by atoms with E-state index in [1.54, 1.807) is 37.4 Å². The number of methoxy groups -OCH3 is 1. The Kier molecular flexibility index (Phi) is 6.70. The van der Waals surface area contributed by atoms with E-state index in [1.807, 2.05) is 29.2 Å². The van der Waals surface area contributed by atoms with Gasteiger partial charge in [0.2, 0.25) is 15.9 Å². The zero-order valence-electron chi connectivity index (χ0n) is 16.0. The number of hydrogen-bond donors (Lipinski definition) is 1. The van der Waals surface area contributed by atoms with Crippen LogP contribution >= 0.6 is 0 Å². The highest BCUT2D eigenvalue weighted by atomic mass is 32.2. The van der Waals surface area contributed by atoms with Crippen molar-refractivity contribution in [2.24, 2.45) is 0 Å². The fourth-order valence-corrected chi connectivity index (χ4v) is 4.77. The minimum absolute atomic E-state index is 0.0928. The highest BCUT2D eigenvalue weighted by Gasteiger charge is 2.26. The molecule has 6 nitrogen and oxygen atoms in total. The number of amides is 1. The highest BCUT2D eigenvalue weighted by molar-refractivity contribution is 7.89. The topological polar surface area (TPSA) is 75.7 Å². The molecular formula is C21H26N2O4S. The van der Waals surface area contributed by atoms with Gasteiger partial charge in [-0.2, -0.15) is 0 Å². The summed E-state index contributed by atoms with van der Waals surface area (Å²) in [6.45, 7) is 1.12. The zero-order chi connectivity index (χ0) is 20.0. The largest absolute Gasteiger partial charge is 0.496 e. The van der Waals surface area contributed by atoms with E-state index in [0.717, 1.165) is 11.3 Å². The van der Waals surface area contributed by atoms with Gasteiger partial charge >= 0.3 is 0 Å². The molecule has 7 heteroatoms. The van der Waals surface area contributed by atoms with Crippen LogP contribution in [0.4, 0.5) is 0 Å². The first-order chi connectivity index (χ1) is 13.5. The number of rotatable bonds is 7. The van der Waals surface area contributed by atoms with Crippen molar-refractivity contribution in [3.05, 3.63) is 60.2 Å². The predicted octanol–water partition coefficient (Wildman–Crippen LogP) is 2.60. The molecule has 1 aliphatic rings. The SMILES string of the molecule is COc1ccccc1CCC(=O)N1CCC(NS(=O)(=O)c2ccccc2)CC1. The summed E-state index contributed by atoms with van der Waals surface area (Å²) in [6.07, 6.45) is 2.28. The second kappa shape index (κ2) is 9.21. The van der Waals surface area contributed by atoms with Crippen LogP contribution in [0.3, 0.4) is 0 Å². The average Bonchev–Trinajstić information content (AvgIpc) is 2.73. The Balaban J connectivity index is 1.49. The molecule has 1 aliphatic heterocycles. The average molecular weight is 403 g/mol. The van der Waals surface area contributed by atoms with E-state index < -0.39 is 10.0 Å². The standard InChI is InChI=1S/C21H26N2O4S/c1-27-20-10-6-5-7-17(20)11-12-21(24)23-15-13-18(14-16-23)22-28(25,26)19-8-3-2-4-9-19/h2-10,18,22H,11-16H2,1H3. The number of nitrogens with one attached hydrogen (secondary N) is 1. The lowest BCUT2D eigenvalue weighted by atomic mass is 10.0. The number of sulfonamides is 1. The zero-order valence-corrected chi connectivity index (χ0v) is 16.8.